The van der Waals surface area contributed by atoms with Crippen LogP contribution in [-0.4, -0.2) is 15.4 Å². The smallest absolute Gasteiger partial charge is 0.377 e. The van der Waals surface area contributed by atoms with E-state index in [1.54, 1.807) is 0 Å². The van der Waals surface area contributed by atoms with Crippen LogP contribution in [0.5, 0.6) is 0 Å². The van der Waals surface area contributed by atoms with Crippen molar-refractivity contribution in [3.63, 3.8) is 0 Å². The van der Waals surface area contributed by atoms with Gasteiger partial charge in [-0.2, -0.15) is 13.2 Å². The number of halogens is 4. The topological polar surface area (TPSA) is 9.23 Å². The predicted octanol–water partition coefficient (Wildman–Crippen LogP) is 5.52. The van der Waals surface area contributed by atoms with E-state index < -0.39 is 20.5 Å². The Balaban J connectivity index is 2.65. The molecule has 0 unspecified atom stereocenters. The molecule has 0 heterocycles. The van der Waals surface area contributed by atoms with E-state index in [0.717, 1.165) is 11.6 Å². The van der Waals surface area contributed by atoms with Crippen LogP contribution < -0.4 is 0 Å². The third-order valence-electron chi connectivity index (χ3n) is 3.42. The highest BCUT2D eigenvalue weighted by atomic mass is 79.9. The first-order chi connectivity index (χ1) is 9.04. The van der Waals surface area contributed by atoms with E-state index in [1.807, 2.05) is 0 Å². The fourth-order valence-corrected chi connectivity index (χ4v) is 2.49. The summed E-state index contributed by atoms with van der Waals surface area (Å²) in [5.41, 5.74) is 0.0795. The van der Waals surface area contributed by atoms with Crippen molar-refractivity contribution < 1.29 is 17.9 Å². The molecule has 0 saturated heterocycles. The van der Waals surface area contributed by atoms with Gasteiger partial charge >= 0.3 is 6.18 Å². The quantitative estimate of drug-likeness (QED) is 0.622. The zero-order valence-electron chi connectivity index (χ0n) is 12.1. The molecule has 0 aromatic heterocycles. The Labute approximate surface area is 128 Å². The standard InChI is InChI=1S/C14H19BrF3OSi/c1-13(2,20(3)4)9-19-8-10-5-6-11(12(15)7-10)14(16,17)18/h5-7H,8-9H2,1-4H3. The van der Waals surface area contributed by atoms with Crippen LogP contribution in [0.15, 0.2) is 22.7 Å². The summed E-state index contributed by atoms with van der Waals surface area (Å²) in [4.78, 5) is 0. The average molecular weight is 368 g/mol. The molecule has 1 aromatic carbocycles. The van der Waals surface area contributed by atoms with E-state index in [2.05, 4.69) is 42.9 Å². The number of ether oxygens (including phenoxy) is 1. The highest BCUT2D eigenvalue weighted by Gasteiger charge is 2.32. The number of hydrogen-bond acceptors (Lipinski definition) is 1. The fourth-order valence-electron chi connectivity index (χ4n) is 1.45. The summed E-state index contributed by atoms with van der Waals surface area (Å²) in [5.74, 6) is 0. The zero-order chi connectivity index (χ0) is 15.6. The maximum atomic E-state index is 12.6. The molecule has 0 aliphatic heterocycles. The Morgan fingerprint density at radius 2 is 1.80 bits per heavy atom. The summed E-state index contributed by atoms with van der Waals surface area (Å²) in [7, 11) is -0.482. The van der Waals surface area contributed by atoms with Gasteiger partial charge in [0.2, 0.25) is 0 Å². The first-order valence-corrected chi connectivity index (χ1v) is 9.57. The molecule has 0 aliphatic carbocycles. The monoisotopic (exact) mass is 367 g/mol. The molecular weight excluding hydrogens is 349 g/mol. The molecule has 1 radical (unpaired) electrons. The number of hydrogen-bond donors (Lipinski definition) is 0. The molecule has 6 heteroatoms. The SMILES string of the molecule is C[Si](C)C(C)(C)COCc1ccc(C(F)(F)F)c(Br)c1. The molecular formula is C14H19BrF3OSi. The van der Waals surface area contributed by atoms with Gasteiger partial charge in [0.25, 0.3) is 0 Å². The van der Waals surface area contributed by atoms with Crippen LogP contribution in [0.2, 0.25) is 18.1 Å². The lowest BCUT2D eigenvalue weighted by Crippen LogP contribution is -2.26. The molecule has 113 valence electrons. The second-order valence-corrected chi connectivity index (χ2v) is 9.90. The maximum absolute atomic E-state index is 12.6. The fraction of sp³-hybridized carbons (Fsp3) is 0.571. The zero-order valence-corrected chi connectivity index (χ0v) is 14.7. The van der Waals surface area contributed by atoms with Crippen molar-refractivity contribution in [2.75, 3.05) is 6.61 Å². The minimum Gasteiger partial charge on any atom is -0.377 e. The van der Waals surface area contributed by atoms with Crippen LogP contribution in [0.4, 0.5) is 13.2 Å². The molecule has 0 fully saturated rings. The van der Waals surface area contributed by atoms with E-state index in [1.165, 1.54) is 12.1 Å². The largest absolute Gasteiger partial charge is 0.417 e. The Morgan fingerprint density at radius 1 is 1.20 bits per heavy atom. The minimum absolute atomic E-state index is 0.0566. The van der Waals surface area contributed by atoms with Gasteiger partial charge in [0.1, 0.15) is 0 Å². The molecule has 0 N–H and O–H groups in total. The van der Waals surface area contributed by atoms with E-state index in [-0.39, 0.29) is 9.51 Å². The van der Waals surface area contributed by atoms with Gasteiger partial charge in [-0.1, -0.05) is 48.9 Å². The van der Waals surface area contributed by atoms with Crippen molar-refractivity contribution in [1.82, 2.24) is 0 Å². The molecule has 20 heavy (non-hydrogen) atoms. The third kappa shape index (κ3) is 4.89. The van der Waals surface area contributed by atoms with Gasteiger partial charge in [0.15, 0.2) is 0 Å². The summed E-state index contributed by atoms with van der Waals surface area (Å²) in [6.07, 6.45) is -4.33. The first kappa shape index (κ1) is 17.7. The predicted molar refractivity (Wildman–Crippen MR) is 80.3 cm³/mol. The summed E-state index contributed by atoms with van der Waals surface area (Å²) in [5, 5.41) is 0.147. The number of alkyl halides is 3. The lowest BCUT2D eigenvalue weighted by atomic mass is 10.1. The van der Waals surface area contributed by atoms with Gasteiger partial charge in [-0.25, -0.2) is 0 Å². The number of rotatable bonds is 5. The summed E-state index contributed by atoms with van der Waals surface area (Å²) >= 11 is 2.97. The van der Waals surface area contributed by atoms with Gasteiger partial charge in [0.05, 0.1) is 21.0 Å². The molecule has 0 bridgehead atoms. The molecule has 1 aromatic rings. The van der Waals surface area contributed by atoms with Crippen molar-refractivity contribution in [2.45, 2.75) is 44.8 Å². The first-order valence-electron chi connectivity index (χ1n) is 6.28. The Bertz CT molecular complexity index is 458. The molecule has 0 amide bonds. The maximum Gasteiger partial charge on any atom is 0.417 e. The minimum atomic E-state index is -4.33. The highest BCUT2D eigenvalue weighted by Crippen LogP contribution is 2.35. The second kappa shape index (κ2) is 6.62. The van der Waals surface area contributed by atoms with Crippen LogP contribution in [0, 0.1) is 0 Å². The van der Waals surface area contributed by atoms with Gasteiger partial charge in [-0.15, -0.1) is 0 Å². The lowest BCUT2D eigenvalue weighted by molar-refractivity contribution is -0.138. The lowest BCUT2D eigenvalue weighted by Gasteiger charge is -2.27. The van der Waals surface area contributed by atoms with E-state index in [0.29, 0.717) is 13.2 Å². The normalized spacial score (nSPS) is 13.1. The summed E-state index contributed by atoms with van der Waals surface area (Å²) in [6, 6.07) is 4.02. The second-order valence-electron chi connectivity index (χ2n) is 5.69. The third-order valence-corrected chi connectivity index (χ3v) is 6.93. The van der Waals surface area contributed by atoms with Gasteiger partial charge in [-0.3, -0.25) is 0 Å². The van der Waals surface area contributed by atoms with Crippen LogP contribution in [0.25, 0.3) is 0 Å². The van der Waals surface area contributed by atoms with Crippen LogP contribution in [0.3, 0.4) is 0 Å². The van der Waals surface area contributed by atoms with Gasteiger partial charge < -0.3 is 4.74 Å². The highest BCUT2D eigenvalue weighted by molar-refractivity contribution is 9.10. The van der Waals surface area contributed by atoms with Crippen molar-refractivity contribution >= 4 is 24.7 Å². The van der Waals surface area contributed by atoms with E-state index in [4.69, 9.17) is 4.74 Å². The Hall–Kier alpha value is -0.333. The number of benzene rings is 1. The molecule has 1 rings (SSSR count). The van der Waals surface area contributed by atoms with Crippen LogP contribution in [0.1, 0.15) is 25.0 Å². The van der Waals surface area contributed by atoms with E-state index in [9.17, 15) is 13.2 Å². The van der Waals surface area contributed by atoms with Crippen molar-refractivity contribution in [2.24, 2.45) is 0 Å². The van der Waals surface area contributed by atoms with Crippen LogP contribution >= 0.6 is 15.9 Å². The van der Waals surface area contributed by atoms with Gasteiger partial charge in [0, 0.05) is 11.1 Å². The van der Waals surface area contributed by atoms with E-state index >= 15 is 0 Å². The van der Waals surface area contributed by atoms with Crippen molar-refractivity contribution in [3.05, 3.63) is 33.8 Å². The molecule has 0 saturated carbocycles. The van der Waals surface area contributed by atoms with Crippen molar-refractivity contribution in [1.29, 1.82) is 0 Å². The summed E-state index contributed by atoms with van der Waals surface area (Å²) < 4.78 is 43.6. The molecule has 0 spiro atoms. The summed E-state index contributed by atoms with van der Waals surface area (Å²) in [6.45, 7) is 9.71. The molecule has 1 nitrogen and oxygen atoms in total. The molecule has 0 atom stereocenters. The van der Waals surface area contributed by atoms with Gasteiger partial charge in [-0.05, 0) is 22.7 Å². The Morgan fingerprint density at radius 3 is 2.25 bits per heavy atom. The van der Waals surface area contributed by atoms with Crippen LogP contribution in [-0.2, 0) is 17.5 Å². The Kier molecular flexibility index (Phi) is 5.86. The van der Waals surface area contributed by atoms with Crippen molar-refractivity contribution in [3.8, 4) is 0 Å². The molecule has 0 aliphatic rings. The average Bonchev–Trinajstić information content (AvgIpc) is 2.26.